The van der Waals surface area contributed by atoms with E-state index in [-0.39, 0.29) is 11.3 Å². The molecule has 0 aliphatic carbocycles. The molecule has 2 aromatic carbocycles. The van der Waals surface area contributed by atoms with Gasteiger partial charge in [0, 0.05) is 29.8 Å². The van der Waals surface area contributed by atoms with Crippen molar-refractivity contribution in [2.75, 3.05) is 19.1 Å². The molecule has 2 heterocycles. The number of hydrogen-bond acceptors (Lipinski definition) is 6. The number of carbonyl (C=O) groups excluding carboxylic acids is 2. The summed E-state index contributed by atoms with van der Waals surface area (Å²) in [6, 6.07) is 16.8. The van der Waals surface area contributed by atoms with Crippen LogP contribution in [0, 0.1) is 5.41 Å². The highest BCUT2D eigenvalue weighted by molar-refractivity contribution is 6.32. The Morgan fingerprint density at radius 1 is 0.925 bits per heavy atom. The lowest BCUT2D eigenvalue weighted by Gasteiger charge is -2.27. The van der Waals surface area contributed by atoms with E-state index < -0.39 is 5.97 Å². The van der Waals surface area contributed by atoms with Crippen molar-refractivity contribution in [1.82, 2.24) is 9.97 Å². The monoisotopic (exact) mass is 561 g/mol. The predicted octanol–water partition coefficient (Wildman–Crippen LogP) is 7.74. The SMILES string of the molecule is CC.COC(=O)c1ccc2c(N(Cc3ccc(-c4cnc(OC)c(Cl)c4)cc3)C(=O)CC(C)(C)C)nccc2c1. The third kappa shape index (κ3) is 7.36. The molecule has 210 valence electrons. The molecule has 0 fully saturated rings. The van der Waals surface area contributed by atoms with Gasteiger partial charge in [0.1, 0.15) is 10.8 Å². The second kappa shape index (κ2) is 13.4. The summed E-state index contributed by atoms with van der Waals surface area (Å²) < 4.78 is 10.0. The minimum Gasteiger partial charge on any atom is -0.480 e. The second-order valence-electron chi connectivity index (χ2n) is 10.2. The first kappa shape index (κ1) is 30.6. The van der Waals surface area contributed by atoms with Crippen LogP contribution >= 0.6 is 11.6 Å². The minimum absolute atomic E-state index is 0.0373. The van der Waals surface area contributed by atoms with E-state index in [2.05, 4.69) is 9.97 Å². The molecule has 0 unspecified atom stereocenters. The Morgan fingerprint density at radius 2 is 1.62 bits per heavy atom. The van der Waals surface area contributed by atoms with Crippen molar-refractivity contribution < 1.29 is 19.1 Å². The molecule has 0 radical (unpaired) electrons. The molecular weight excluding hydrogens is 526 g/mol. The molecule has 0 aliphatic heterocycles. The smallest absolute Gasteiger partial charge is 0.337 e. The number of pyridine rings is 2. The lowest BCUT2D eigenvalue weighted by Crippen LogP contribution is -2.34. The van der Waals surface area contributed by atoms with Crippen LogP contribution in [0.2, 0.25) is 5.02 Å². The van der Waals surface area contributed by atoms with E-state index in [0.29, 0.717) is 35.2 Å². The number of hydrogen-bond donors (Lipinski definition) is 0. The summed E-state index contributed by atoms with van der Waals surface area (Å²) in [6.45, 7) is 10.4. The van der Waals surface area contributed by atoms with E-state index >= 15 is 0 Å². The largest absolute Gasteiger partial charge is 0.480 e. The number of halogens is 1. The van der Waals surface area contributed by atoms with Crippen LogP contribution in [0.1, 0.15) is 57.0 Å². The van der Waals surface area contributed by atoms with Gasteiger partial charge in [0.05, 0.1) is 26.3 Å². The summed E-state index contributed by atoms with van der Waals surface area (Å²) in [5.41, 5.74) is 2.97. The van der Waals surface area contributed by atoms with Gasteiger partial charge in [-0.25, -0.2) is 14.8 Å². The maximum atomic E-state index is 13.6. The molecule has 0 spiro atoms. The number of anilines is 1. The summed E-state index contributed by atoms with van der Waals surface area (Å²) in [5.74, 6) is 0.467. The molecule has 1 amide bonds. The summed E-state index contributed by atoms with van der Waals surface area (Å²) in [4.78, 5) is 36.2. The van der Waals surface area contributed by atoms with Gasteiger partial charge in [-0.3, -0.25) is 9.69 Å². The standard InChI is InChI=1S/C30H30ClN3O4.C2H6/c1-30(2,3)16-26(35)34(27-24-11-10-22(29(36)38-5)14-21(24)12-13-32-27)18-19-6-8-20(9-7-19)23-15-25(31)28(37-4)33-17-23;1-2/h6-15,17H,16,18H2,1-5H3;1-2H3. The first-order valence-electron chi connectivity index (χ1n) is 13.2. The maximum absolute atomic E-state index is 13.6. The Morgan fingerprint density at radius 3 is 2.23 bits per heavy atom. The van der Waals surface area contributed by atoms with Crippen molar-refractivity contribution in [1.29, 1.82) is 0 Å². The summed E-state index contributed by atoms with van der Waals surface area (Å²) in [5, 5.41) is 2.01. The van der Waals surface area contributed by atoms with E-state index in [1.165, 1.54) is 14.2 Å². The van der Waals surface area contributed by atoms with E-state index in [9.17, 15) is 9.59 Å². The number of aromatic nitrogens is 2. The molecule has 4 rings (SSSR count). The number of amides is 1. The molecule has 0 bridgehead atoms. The number of ether oxygens (including phenoxy) is 2. The van der Waals surface area contributed by atoms with Crippen LogP contribution in [0.15, 0.2) is 67.0 Å². The molecule has 8 heteroatoms. The van der Waals surface area contributed by atoms with Gasteiger partial charge >= 0.3 is 5.97 Å². The highest BCUT2D eigenvalue weighted by Gasteiger charge is 2.25. The van der Waals surface area contributed by atoms with E-state index in [0.717, 1.165) is 27.5 Å². The Labute approximate surface area is 241 Å². The fraction of sp³-hybridized carbons (Fsp3) is 0.312. The Hall–Kier alpha value is -3.97. The first-order valence-corrected chi connectivity index (χ1v) is 13.5. The molecule has 2 aromatic heterocycles. The van der Waals surface area contributed by atoms with E-state index in [1.54, 1.807) is 29.4 Å². The average Bonchev–Trinajstić information content (AvgIpc) is 2.95. The topological polar surface area (TPSA) is 81.6 Å². The highest BCUT2D eigenvalue weighted by Crippen LogP contribution is 2.31. The number of rotatable bonds is 7. The predicted molar refractivity (Wildman–Crippen MR) is 161 cm³/mol. The molecule has 7 nitrogen and oxygen atoms in total. The van der Waals surface area contributed by atoms with Crippen molar-refractivity contribution in [3.8, 4) is 17.0 Å². The molecule has 4 aromatic rings. The zero-order chi connectivity index (χ0) is 29.4. The van der Waals surface area contributed by atoms with Crippen molar-refractivity contribution in [3.63, 3.8) is 0 Å². The van der Waals surface area contributed by atoms with Gasteiger partial charge in [-0.2, -0.15) is 0 Å². The highest BCUT2D eigenvalue weighted by atomic mass is 35.5. The summed E-state index contributed by atoms with van der Waals surface area (Å²) in [7, 11) is 2.88. The van der Waals surface area contributed by atoms with Gasteiger partial charge in [-0.1, -0.05) is 70.5 Å². The number of nitrogens with zero attached hydrogens (tertiary/aromatic N) is 3. The van der Waals surface area contributed by atoms with Gasteiger partial charge < -0.3 is 9.47 Å². The molecule has 0 saturated heterocycles. The Kier molecular flexibility index (Phi) is 10.2. The van der Waals surface area contributed by atoms with Gasteiger partial charge in [0.15, 0.2) is 0 Å². The lowest BCUT2D eigenvalue weighted by molar-refractivity contribution is -0.120. The summed E-state index contributed by atoms with van der Waals surface area (Å²) in [6.07, 6.45) is 3.71. The fourth-order valence-electron chi connectivity index (χ4n) is 4.17. The quantitative estimate of drug-likeness (QED) is 0.215. The third-order valence-corrected chi connectivity index (χ3v) is 6.30. The minimum atomic E-state index is -0.417. The molecule has 40 heavy (non-hydrogen) atoms. The van der Waals surface area contributed by atoms with Crippen LogP contribution in [0.25, 0.3) is 21.9 Å². The number of esters is 1. The van der Waals surface area contributed by atoms with Crippen molar-refractivity contribution in [3.05, 3.63) is 83.1 Å². The number of methoxy groups -OCH3 is 2. The first-order chi connectivity index (χ1) is 19.1. The fourth-order valence-corrected chi connectivity index (χ4v) is 4.41. The van der Waals surface area contributed by atoms with Crippen molar-refractivity contribution in [2.45, 2.75) is 47.6 Å². The second-order valence-corrected chi connectivity index (χ2v) is 10.6. The molecule has 0 saturated carbocycles. The van der Waals surface area contributed by atoms with Crippen molar-refractivity contribution in [2.24, 2.45) is 5.41 Å². The van der Waals surface area contributed by atoms with Gasteiger partial charge in [0.2, 0.25) is 11.8 Å². The van der Waals surface area contributed by atoms with Gasteiger partial charge in [0.25, 0.3) is 0 Å². The number of carbonyl (C=O) groups is 2. The lowest BCUT2D eigenvalue weighted by atomic mass is 9.91. The molecule has 0 N–H and O–H groups in total. The number of benzene rings is 2. The van der Waals surface area contributed by atoms with E-state index in [4.69, 9.17) is 21.1 Å². The number of fused-ring (bicyclic) bond motifs is 1. The molecule has 0 aliphatic rings. The Balaban J connectivity index is 0.00000216. The van der Waals surface area contributed by atoms with Crippen molar-refractivity contribution >= 4 is 40.1 Å². The average molecular weight is 562 g/mol. The normalized spacial score (nSPS) is 10.9. The van der Waals surface area contributed by atoms with Crippen LogP contribution in [0.3, 0.4) is 0 Å². The zero-order valence-electron chi connectivity index (χ0n) is 24.1. The summed E-state index contributed by atoms with van der Waals surface area (Å²) >= 11 is 6.25. The van der Waals surface area contributed by atoms with Gasteiger partial charge in [-0.05, 0) is 52.3 Å². The zero-order valence-corrected chi connectivity index (χ0v) is 24.9. The maximum Gasteiger partial charge on any atom is 0.337 e. The van der Waals surface area contributed by atoms with Crippen LogP contribution in [0.5, 0.6) is 5.88 Å². The van der Waals surface area contributed by atoms with Gasteiger partial charge in [-0.15, -0.1) is 0 Å². The van der Waals surface area contributed by atoms with Crippen LogP contribution in [0.4, 0.5) is 5.82 Å². The molecular formula is C32H36ClN3O4. The van der Waals surface area contributed by atoms with E-state index in [1.807, 2.05) is 77.1 Å². The van der Waals surface area contributed by atoms with Crippen LogP contribution in [-0.2, 0) is 16.1 Å². The van der Waals surface area contributed by atoms with Crippen LogP contribution in [-0.4, -0.2) is 36.1 Å². The van der Waals surface area contributed by atoms with Crippen LogP contribution < -0.4 is 9.64 Å². The Bertz CT molecular complexity index is 1480. The third-order valence-electron chi connectivity index (χ3n) is 6.03. The molecule has 0 atom stereocenters.